The SMILES string of the molecule is Cc1cc([C@H]2CCCN2Cc2cn(C(C)C)c3ccccc23)no1. The van der Waals surface area contributed by atoms with Gasteiger partial charge in [0.2, 0.25) is 0 Å². The number of aryl methyl sites for hydroxylation is 1. The molecule has 0 unspecified atom stereocenters. The topological polar surface area (TPSA) is 34.2 Å². The van der Waals surface area contributed by atoms with Gasteiger partial charge in [0.1, 0.15) is 11.5 Å². The quantitative estimate of drug-likeness (QED) is 0.688. The number of fused-ring (bicyclic) bond motifs is 1. The number of benzene rings is 1. The predicted molar refractivity (Wildman–Crippen MR) is 95.9 cm³/mol. The molecule has 3 heterocycles. The highest BCUT2D eigenvalue weighted by Crippen LogP contribution is 2.34. The van der Waals surface area contributed by atoms with Crippen molar-refractivity contribution in [2.45, 2.75) is 52.2 Å². The highest BCUT2D eigenvalue weighted by molar-refractivity contribution is 5.84. The summed E-state index contributed by atoms with van der Waals surface area (Å²) in [5.41, 5.74) is 3.82. The molecule has 1 aliphatic heterocycles. The Morgan fingerprint density at radius 1 is 1.29 bits per heavy atom. The van der Waals surface area contributed by atoms with Gasteiger partial charge >= 0.3 is 0 Å². The second kappa shape index (κ2) is 6.10. The molecule has 1 aliphatic rings. The van der Waals surface area contributed by atoms with E-state index in [9.17, 15) is 0 Å². The highest BCUT2D eigenvalue weighted by Gasteiger charge is 2.29. The minimum absolute atomic E-state index is 0.378. The molecule has 126 valence electrons. The Morgan fingerprint density at radius 2 is 2.12 bits per heavy atom. The Balaban J connectivity index is 1.66. The third-order valence-electron chi connectivity index (χ3n) is 5.10. The second-order valence-corrected chi connectivity index (χ2v) is 7.16. The molecule has 0 aliphatic carbocycles. The zero-order valence-electron chi connectivity index (χ0n) is 14.7. The Morgan fingerprint density at radius 3 is 2.88 bits per heavy atom. The van der Waals surface area contributed by atoms with Crippen LogP contribution in [0.4, 0.5) is 0 Å². The van der Waals surface area contributed by atoms with Crippen LogP contribution in [0.15, 0.2) is 41.1 Å². The van der Waals surface area contributed by atoms with Crippen molar-refractivity contribution in [3.8, 4) is 0 Å². The van der Waals surface area contributed by atoms with Crippen molar-refractivity contribution >= 4 is 10.9 Å². The molecule has 0 saturated carbocycles. The van der Waals surface area contributed by atoms with Crippen molar-refractivity contribution < 1.29 is 4.52 Å². The Labute approximate surface area is 143 Å². The summed E-state index contributed by atoms with van der Waals surface area (Å²) in [6.07, 6.45) is 4.72. The summed E-state index contributed by atoms with van der Waals surface area (Å²) in [5, 5.41) is 5.63. The molecule has 0 radical (unpaired) electrons. The van der Waals surface area contributed by atoms with E-state index < -0.39 is 0 Å². The largest absolute Gasteiger partial charge is 0.361 e. The third-order valence-corrected chi connectivity index (χ3v) is 5.10. The van der Waals surface area contributed by atoms with E-state index >= 15 is 0 Å². The summed E-state index contributed by atoms with van der Waals surface area (Å²) in [4.78, 5) is 2.55. The van der Waals surface area contributed by atoms with Gasteiger partial charge in [0.25, 0.3) is 0 Å². The second-order valence-electron chi connectivity index (χ2n) is 7.16. The Bertz CT molecular complexity index is 846. The third kappa shape index (κ3) is 2.65. The predicted octanol–water partition coefficient (Wildman–Crippen LogP) is 4.86. The number of nitrogens with zero attached hydrogens (tertiary/aromatic N) is 3. The lowest BCUT2D eigenvalue weighted by Gasteiger charge is -2.22. The van der Waals surface area contributed by atoms with Crippen LogP contribution in [-0.2, 0) is 6.54 Å². The zero-order chi connectivity index (χ0) is 16.7. The van der Waals surface area contributed by atoms with Crippen LogP contribution in [-0.4, -0.2) is 21.2 Å². The Kier molecular flexibility index (Phi) is 3.93. The van der Waals surface area contributed by atoms with E-state index in [-0.39, 0.29) is 0 Å². The van der Waals surface area contributed by atoms with Gasteiger partial charge in [-0.2, -0.15) is 0 Å². The van der Waals surface area contributed by atoms with Gasteiger partial charge in [-0.15, -0.1) is 0 Å². The van der Waals surface area contributed by atoms with Crippen LogP contribution >= 0.6 is 0 Å². The molecular formula is C20H25N3O. The number of para-hydroxylation sites is 1. The summed E-state index contributed by atoms with van der Waals surface area (Å²) in [5.74, 6) is 0.897. The molecule has 0 amide bonds. The molecule has 1 atom stereocenters. The minimum Gasteiger partial charge on any atom is -0.361 e. The fraction of sp³-hybridized carbons (Fsp3) is 0.450. The average molecular weight is 323 g/mol. The van der Waals surface area contributed by atoms with Gasteiger partial charge in [-0.3, -0.25) is 4.90 Å². The minimum atomic E-state index is 0.378. The molecule has 3 aromatic rings. The van der Waals surface area contributed by atoms with Gasteiger partial charge in [-0.05, 0) is 51.8 Å². The summed E-state index contributed by atoms with van der Waals surface area (Å²) in [6.45, 7) is 8.54. The van der Waals surface area contributed by atoms with Crippen molar-refractivity contribution in [1.82, 2.24) is 14.6 Å². The molecule has 1 saturated heterocycles. The fourth-order valence-corrected chi connectivity index (χ4v) is 3.94. The van der Waals surface area contributed by atoms with Gasteiger partial charge in [-0.1, -0.05) is 23.4 Å². The van der Waals surface area contributed by atoms with Crippen LogP contribution in [0, 0.1) is 6.92 Å². The molecule has 2 aromatic heterocycles. The molecule has 0 spiro atoms. The average Bonchev–Trinajstić information content (AvgIpc) is 3.27. The summed E-state index contributed by atoms with van der Waals surface area (Å²) < 4.78 is 7.69. The van der Waals surface area contributed by atoms with Gasteiger partial charge in [0, 0.05) is 35.8 Å². The molecule has 4 rings (SSSR count). The van der Waals surface area contributed by atoms with Crippen LogP contribution in [0.3, 0.4) is 0 Å². The Hall–Kier alpha value is -2.07. The van der Waals surface area contributed by atoms with Crippen LogP contribution in [0.5, 0.6) is 0 Å². The van der Waals surface area contributed by atoms with E-state index in [1.54, 1.807) is 0 Å². The number of rotatable bonds is 4. The number of aromatic nitrogens is 2. The smallest absolute Gasteiger partial charge is 0.133 e. The van der Waals surface area contributed by atoms with Gasteiger partial charge < -0.3 is 9.09 Å². The van der Waals surface area contributed by atoms with E-state index in [1.807, 2.05) is 6.92 Å². The number of likely N-dealkylation sites (tertiary alicyclic amines) is 1. The first-order chi connectivity index (χ1) is 11.6. The van der Waals surface area contributed by atoms with Crippen molar-refractivity contribution in [2.24, 2.45) is 0 Å². The van der Waals surface area contributed by atoms with Crippen molar-refractivity contribution in [3.05, 3.63) is 53.5 Å². The van der Waals surface area contributed by atoms with Gasteiger partial charge in [0.15, 0.2) is 0 Å². The lowest BCUT2D eigenvalue weighted by atomic mass is 10.1. The monoisotopic (exact) mass is 323 g/mol. The first-order valence-electron chi connectivity index (χ1n) is 8.89. The van der Waals surface area contributed by atoms with Crippen LogP contribution < -0.4 is 0 Å². The number of hydrogen-bond acceptors (Lipinski definition) is 3. The lowest BCUT2D eigenvalue weighted by Crippen LogP contribution is -2.22. The van der Waals surface area contributed by atoms with Gasteiger partial charge in [-0.25, -0.2) is 0 Å². The van der Waals surface area contributed by atoms with Crippen molar-refractivity contribution in [1.29, 1.82) is 0 Å². The summed E-state index contributed by atoms with van der Waals surface area (Å²) >= 11 is 0. The van der Waals surface area contributed by atoms with E-state index in [2.05, 4.69) is 65.0 Å². The standard InChI is InChI=1S/C20H25N3O/c1-14(2)23-13-16(17-7-4-5-8-19(17)23)12-22-10-6-9-20(22)18-11-15(3)24-21-18/h4-5,7-8,11,13-14,20H,6,9-10,12H2,1-3H3/t20-/m1/s1. The van der Waals surface area contributed by atoms with Crippen molar-refractivity contribution in [3.63, 3.8) is 0 Å². The maximum Gasteiger partial charge on any atom is 0.133 e. The molecule has 4 heteroatoms. The van der Waals surface area contributed by atoms with Gasteiger partial charge in [0.05, 0.1) is 6.04 Å². The number of hydrogen-bond donors (Lipinski definition) is 0. The van der Waals surface area contributed by atoms with Crippen LogP contribution in [0.1, 0.15) is 55.8 Å². The lowest BCUT2D eigenvalue weighted by molar-refractivity contribution is 0.237. The molecule has 1 aromatic carbocycles. The maximum absolute atomic E-state index is 5.30. The van der Waals surface area contributed by atoms with E-state index in [4.69, 9.17) is 4.52 Å². The van der Waals surface area contributed by atoms with E-state index in [0.717, 1.165) is 31.0 Å². The molecule has 24 heavy (non-hydrogen) atoms. The van der Waals surface area contributed by atoms with E-state index in [0.29, 0.717) is 12.1 Å². The molecule has 4 nitrogen and oxygen atoms in total. The normalized spacial score (nSPS) is 18.9. The first-order valence-corrected chi connectivity index (χ1v) is 8.89. The first kappa shape index (κ1) is 15.5. The fourth-order valence-electron chi connectivity index (χ4n) is 3.94. The summed E-state index contributed by atoms with van der Waals surface area (Å²) in [7, 11) is 0. The van der Waals surface area contributed by atoms with Crippen LogP contribution in [0.25, 0.3) is 10.9 Å². The summed E-state index contributed by atoms with van der Waals surface area (Å²) in [6, 6.07) is 11.7. The zero-order valence-corrected chi connectivity index (χ0v) is 14.7. The molecule has 0 N–H and O–H groups in total. The molecular weight excluding hydrogens is 298 g/mol. The maximum atomic E-state index is 5.30. The van der Waals surface area contributed by atoms with Crippen molar-refractivity contribution in [2.75, 3.05) is 6.54 Å². The molecule has 1 fully saturated rings. The highest BCUT2D eigenvalue weighted by atomic mass is 16.5. The van der Waals surface area contributed by atoms with E-state index in [1.165, 1.54) is 22.9 Å². The molecule has 0 bridgehead atoms. The van der Waals surface area contributed by atoms with Crippen LogP contribution in [0.2, 0.25) is 0 Å².